The van der Waals surface area contributed by atoms with E-state index >= 15 is 0 Å². The van der Waals surface area contributed by atoms with Crippen LogP contribution < -0.4 is 5.43 Å². The topological polar surface area (TPSA) is 47.3 Å². The second kappa shape index (κ2) is 7.36. The maximum absolute atomic E-state index is 11.3. The Balaban J connectivity index is 0.000000160. The highest BCUT2D eigenvalue weighted by Crippen LogP contribution is 2.07. The van der Waals surface area contributed by atoms with Crippen LogP contribution in [0.5, 0.6) is 0 Å². The molecule has 0 N–H and O–H groups in total. The van der Waals surface area contributed by atoms with Crippen molar-refractivity contribution in [2.45, 2.75) is 13.8 Å². The van der Waals surface area contributed by atoms with E-state index < -0.39 is 0 Å². The van der Waals surface area contributed by atoms with Crippen LogP contribution in [-0.4, -0.2) is 5.78 Å². The molecule has 3 nitrogen and oxygen atoms in total. The van der Waals surface area contributed by atoms with E-state index in [1.807, 2.05) is 56.3 Å². The maximum atomic E-state index is 11.3. The van der Waals surface area contributed by atoms with Crippen LogP contribution in [0.2, 0.25) is 0 Å². The summed E-state index contributed by atoms with van der Waals surface area (Å²) in [6.45, 7) is 3.82. The Morgan fingerprint density at radius 3 is 2.18 bits per heavy atom. The highest BCUT2D eigenvalue weighted by atomic mass is 16.3. The molecular weight excluding hydrogens is 276 g/mol. The van der Waals surface area contributed by atoms with Crippen molar-refractivity contribution in [3.05, 3.63) is 82.7 Å². The molecule has 0 aliphatic rings. The molecule has 22 heavy (non-hydrogen) atoms. The molecule has 1 aromatic heterocycles. The zero-order chi connectivity index (χ0) is 15.9. The van der Waals surface area contributed by atoms with Crippen LogP contribution in [0.3, 0.4) is 0 Å². The molecule has 0 unspecified atom stereocenters. The lowest BCUT2D eigenvalue weighted by atomic mass is 10.0. The van der Waals surface area contributed by atoms with Gasteiger partial charge >= 0.3 is 0 Å². The van der Waals surface area contributed by atoms with Gasteiger partial charge in [0.15, 0.2) is 11.2 Å². The first-order valence-corrected chi connectivity index (χ1v) is 7.15. The van der Waals surface area contributed by atoms with Gasteiger partial charge in [0.2, 0.25) is 0 Å². The van der Waals surface area contributed by atoms with Crippen LogP contribution in [0.1, 0.15) is 24.2 Å². The van der Waals surface area contributed by atoms with Crippen LogP contribution >= 0.6 is 0 Å². The second-order valence-corrected chi connectivity index (χ2v) is 5.17. The summed E-state index contributed by atoms with van der Waals surface area (Å²) in [6, 6.07) is 18.0. The van der Waals surface area contributed by atoms with Crippen molar-refractivity contribution in [3.8, 4) is 0 Å². The number of carbonyl (C=O) groups excluding carboxylic acids is 1. The average Bonchev–Trinajstić information content (AvgIpc) is 2.56. The third-order valence-electron chi connectivity index (χ3n) is 3.15. The smallest absolute Gasteiger partial charge is 0.192 e. The quantitative estimate of drug-likeness (QED) is 0.661. The fraction of sp³-hybridized carbons (Fsp3) is 0.158. The number of carbonyl (C=O) groups is 1. The van der Waals surface area contributed by atoms with Crippen LogP contribution in [-0.2, 0) is 0 Å². The van der Waals surface area contributed by atoms with Crippen LogP contribution in [0.15, 0.2) is 76.1 Å². The van der Waals surface area contributed by atoms with Crippen molar-refractivity contribution in [2.24, 2.45) is 5.92 Å². The molecule has 0 radical (unpaired) electrons. The van der Waals surface area contributed by atoms with Crippen molar-refractivity contribution in [1.29, 1.82) is 0 Å². The first-order chi connectivity index (χ1) is 10.6. The molecule has 0 spiro atoms. The number of fused-ring (bicyclic) bond motifs is 1. The zero-order valence-corrected chi connectivity index (χ0v) is 12.7. The largest absolute Gasteiger partial charge is 0.464 e. The fourth-order valence-corrected chi connectivity index (χ4v) is 1.97. The lowest BCUT2D eigenvalue weighted by Gasteiger charge is -2.01. The highest BCUT2D eigenvalue weighted by molar-refractivity contribution is 5.97. The zero-order valence-electron chi connectivity index (χ0n) is 12.7. The number of ketones is 1. The molecule has 112 valence electrons. The number of hydrogen-bond acceptors (Lipinski definition) is 3. The third kappa shape index (κ3) is 3.92. The van der Waals surface area contributed by atoms with Gasteiger partial charge < -0.3 is 4.42 Å². The van der Waals surface area contributed by atoms with Gasteiger partial charge in [0.25, 0.3) is 0 Å². The molecule has 0 saturated heterocycles. The number of benzene rings is 2. The van der Waals surface area contributed by atoms with Gasteiger partial charge in [-0.3, -0.25) is 9.59 Å². The summed E-state index contributed by atoms with van der Waals surface area (Å²) >= 11 is 0. The molecule has 0 aliphatic heterocycles. The van der Waals surface area contributed by atoms with E-state index in [9.17, 15) is 9.59 Å². The van der Waals surface area contributed by atoms with Crippen molar-refractivity contribution in [2.75, 3.05) is 0 Å². The first kappa shape index (κ1) is 15.7. The predicted octanol–water partition coefficient (Wildman–Crippen LogP) is 4.32. The van der Waals surface area contributed by atoms with Gasteiger partial charge in [-0.15, -0.1) is 0 Å². The van der Waals surface area contributed by atoms with Crippen molar-refractivity contribution in [1.82, 2.24) is 0 Å². The molecule has 0 atom stereocenters. The van der Waals surface area contributed by atoms with E-state index in [0.717, 1.165) is 5.56 Å². The van der Waals surface area contributed by atoms with Gasteiger partial charge in [-0.25, -0.2) is 0 Å². The third-order valence-corrected chi connectivity index (χ3v) is 3.15. The first-order valence-electron chi connectivity index (χ1n) is 7.15. The molecule has 0 aliphatic carbocycles. The summed E-state index contributed by atoms with van der Waals surface area (Å²) in [7, 11) is 0. The summed E-state index contributed by atoms with van der Waals surface area (Å²) in [6.07, 6.45) is 1.41. The average molecular weight is 294 g/mol. The summed E-state index contributed by atoms with van der Waals surface area (Å²) in [5.74, 6) is 0.308. The van der Waals surface area contributed by atoms with E-state index in [1.165, 1.54) is 12.3 Å². The van der Waals surface area contributed by atoms with Crippen molar-refractivity contribution >= 4 is 16.8 Å². The minimum atomic E-state index is 0.00634. The Hall–Kier alpha value is -2.68. The Morgan fingerprint density at radius 1 is 0.909 bits per heavy atom. The van der Waals surface area contributed by atoms with E-state index in [0.29, 0.717) is 11.0 Å². The standard InChI is InChI=1S/C10H12O.C9H6O2/c1-8(2)10(11)9-6-4-3-5-7-9;10-8-5-6-11-9-4-2-1-3-7(8)9/h3-8H,1-2H3;1-6H. The van der Waals surface area contributed by atoms with Gasteiger partial charge in [-0.05, 0) is 12.1 Å². The minimum absolute atomic E-state index is 0.00634. The Kier molecular flexibility index (Phi) is 5.26. The normalized spacial score (nSPS) is 10.1. The Morgan fingerprint density at radius 2 is 1.55 bits per heavy atom. The van der Waals surface area contributed by atoms with Gasteiger partial charge in [0.1, 0.15) is 5.58 Å². The molecular formula is C19H18O3. The number of Topliss-reactive ketones (excluding diaryl/α,β-unsaturated/α-hetero) is 1. The molecule has 1 heterocycles. The van der Waals surface area contributed by atoms with E-state index in [4.69, 9.17) is 4.42 Å². The monoisotopic (exact) mass is 294 g/mol. The predicted molar refractivity (Wildman–Crippen MR) is 88.1 cm³/mol. The maximum Gasteiger partial charge on any atom is 0.192 e. The molecule has 3 aromatic rings. The highest BCUT2D eigenvalue weighted by Gasteiger charge is 2.08. The van der Waals surface area contributed by atoms with E-state index in [1.54, 1.807) is 12.1 Å². The molecule has 2 aromatic carbocycles. The number of rotatable bonds is 2. The summed E-state index contributed by atoms with van der Waals surface area (Å²) in [5, 5.41) is 0.634. The molecule has 0 fully saturated rings. The van der Waals surface area contributed by atoms with E-state index in [2.05, 4.69) is 0 Å². The SMILES string of the molecule is CC(C)C(=O)c1ccccc1.O=c1ccoc2ccccc12. The number of para-hydroxylation sites is 1. The fourth-order valence-electron chi connectivity index (χ4n) is 1.97. The van der Waals surface area contributed by atoms with Crippen LogP contribution in [0.4, 0.5) is 0 Å². The summed E-state index contributed by atoms with van der Waals surface area (Å²) in [5.41, 5.74) is 1.45. The minimum Gasteiger partial charge on any atom is -0.464 e. The lowest BCUT2D eigenvalue weighted by Crippen LogP contribution is -2.06. The van der Waals surface area contributed by atoms with Crippen LogP contribution in [0.25, 0.3) is 11.0 Å². The van der Waals surface area contributed by atoms with Gasteiger partial charge in [-0.1, -0.05) is 56.3 Å². The number of hydrogen-bond donors (Lipinski definition) is 0. The van der Waals surface area contributed by atoms with E-state index in [-0.39, 0.29) is 17.1 Å². The van der Waals surface area contributed by atoms with Gasteiger partial charge in [0.05, 0.1) is 11.6 Å². The Labute approximate surface area is 129 Å². The molecule has 0 saturated carbocycles. The Bertz CT molecular complexity index is 796. The lowest BCUT2D eigenvalue weighted by molar-refractivity contribution is 0.0939. The van der Waals surface area contributed by atoms with Crippen LogP contribution in [0, 0.1) is 5.92 Å². The summed E-state index contributed by atoms with van der Waals surface area (Å²) in [4.78, 5) is 22.5. The van der Waals surface area contributed by atoms with Crippen molar-refractivity contribution < 1.29 is 9.21 Å². The molecule has 3 heteroatoms. The van der Waals surface area contributed by atoms with Gasteiger partial charge in [0, 0.05) is 17.5 Å². The van der Waals surface area contributed by atoms with Crippen molar-refractivity contribution in [3.63, 3.8) is 0 Å². The molecule has 0 bridgehead atoms. The van der Waals surface area contributed by atoms with Gasteiger partial charge in [-0.2, -0.15) is 0 Å². The molecule has 0 amide bonds. The second-order valence-electron chi connectivity index (χ2n) is 5.17. The summed E-state index contributed by atoms with van der Waals surface area (Å²) < 4.78 is 5.09. The molecule has 3 rings (SSSR count).